The van der Waals surface area contributed by atoms with Crippen LogP contribution in [0, 0.1) is 0 Å². The second kappa shape index (κ2) is 6.43. The molecule has 4 rings (SSSR count). The van der Waals surface area contributed by atoms with E-state index in [2.05, 4.69) is 23.6 Å². The second-order valence-corrected chi connectivity index (χ2v) is 6.83. The summed E-state index contributed by atoms with van der Waals surface area (Å²) in [6.07, 6.45) is 0.436. The van der Waals surface area contributed by atoms with Crippen LogP contribution in [0.3, 0.4) is 0 Å². The maximum absolute atomic E-state index is 13.0. The van der Waals surface area contributed by atoms with E-state index in [1.807, 2.05) is 23.1 Å². The molecule has 1 amide bonds. The highest BCUT2D eigenvalue weighted by molar-refractivity contribution is 7.10. The molecule has 0 bridgehead atoms. The lowest BCUT2D eigenvalue weighted by Gasteiger charge is -2.38. The van der Waals surface area contributed by atoms with Crippen LogP contribution in [0.25, 0.3) is 0 Å². The van der Waals surface area contributed by atoms with Gasteiger partial charge < -0.3 is 14.4 Å². The summed E-state index contributed by atoms with van der Waals surface area (Å²) in [6.45, 7) is 2.14. The van der Waals surface area contributed by atoms with Crippen LogP contribution in [-0.4, -0.2) is 43.3 Å². The summed E-state index contributed by atoms with van der Waals surface area (Å²) >= 11 is 1.78. The summed E-state index contributed by atoms with van der Waals surface area (Å²) < 4.78 is 11.1. The molecule has 2 atom stereocenters. The van der Waals surface area contributed by atoms with Crippen LogP contribution < -0.4 is 0 Å². The molecule has 2 aliphatic heterocycles. The van der Waals surface area contributed by atoms with Crippen molar-refractivity contribution in [2.45, 2.75) is 18.6 Å². The Hall–Kier alpha value is -1.69. The Balaban J connectivity index is 1.69. The molecule has 0 saturated carbocycles. The molecule has 1 aromatic heterocycles. The Kier molecular flexibility index (Phi) is 4.16. The fourth-order valence-electron chi connectivity index (χ4n) is 3.36. The molecule has 23 heavy (non-hydrogen) atoms. The van der Waals surface area contributed by atoms with Crippen LogP contribution >= 0.6 is 11.3 Å². The molecule has 0 radical (unpaired) electrons. The predicted molar refractivity (Wildman–Crippen MR) is 88.6 cm³/mol. The molecule has 120 valence electrons. The third kappa shape index (κ3) is 2.80. The number of thiophene rings is 1. The average Bonchev–Trinajstić information content (AvgIpc) is 3.10. The number of carbonyl (C=O) groups excluding carboxylic acids is 1. The molecular weight excluding hydrogens is 310 g/mol. The molecule has 1 saturated heterocycles. The van der Waals surface area contributed by atoms with Crippen molar-refractivity contribution in [3.63, 3.8) is 0 Å². The van der Waals surface area contributed by atoms with Crippen molar-refractivity contribution >= 4 is 17.2 Å². The topological polar surface area (TPSA) is 38.8 Å². The summed E-state index contributed by atoms with van der Waals surface area (Å²) in [5.74, 6) is 0.0374. The van der Waals surface area contributed by atoms with E-state index in [0.717, 1.165) is 18.5 Å². The number of carbonyl (C=O) groups is 1. The Bertz CT molecular complexity index is 679. The van der Waals surface area contributed by atoms with Gasteiger partial charge in [0.1, 0.15) is 0 Å². The molecular formula is C18H19NO3S. The zero-order valence-electron chi connectivity index (χ0n) is 12.8. The van der Waals surface area contributed by atoms with Crippen molar-refractivity contribution in [3.8, 4) is 0 Å². The Morgan fingerprint density at radius 3 is 2.83 bits per heavy atom. The lowest BCUT2D eigenvalue weighted by Crippen LogP contribution is -2.49. The van der Waals surface area contributed by atoms with E-state index in [4.69, 9.17) is 9.47 Å². The molecule has 1 fully saturated rings. The quantitative estimate of drug-likeness (QED) is 0.850. The van der Waals surface area contributed by atoms with E-state index in [0.29, 0.717) is 19.8 Å². The van der Waals surface area contributed by atoms with Crippen LogP contribution in [0.2, 0.25) is 0 Å². The Labute approximate surface area is 139 Å². The van der Waals surface area contributed by atoms with Gasteiger partial charge in [-0.25, -0.2) is 0 Å². The molecule has 0 N–H and O–H groups in total. The van der Waals surface area contributed by atoms with Crippen LogP contribution in [0.5, 0.6) is 0 Å². The van der Waals surface area contributed by atoms with Crippen molar-refractivity contribution in [2.75, 3.05) is 26.4 Å². The monoisotopic (exact) mass is 329 g/mol. The van der Waals surface area contributed by atoms with Crippen molar-refractivity contribution in [1.29, 1.82) is 0 Å². The van der Waals surface area contributed by atoms with Gasteiger partial charge in [0.15, 0.2) is 6.10 Å². The van der Waals surface area contributed by atoms with E-state index >= 15 is 0 Å². The SMILES string of the molecule is O=C([C@@H]1COCCO1)N1CCc2sccc2[C@@H]1c1ccccc1. The first kappa shape index (κ1) is 14.9. The molecule has 0 aliphatic carbocycles. The van der Waals surface area contributed by atoms with Crippen LogP contribution in [0.15, 0.2) is 41.8 Å². The molecule has 4 nitrogen and oxygen atoms in total. The highest BCUT2D eigenvalue weighted by atomic mass is 32.1. The van der Waals surface area contributed by atoms with Gasteiger partial charge in [-0.1, -0.05) is 30.3 Å². The van der Waals surface area contributed by atoms with E-state index in [-0.39, 0.29) is 11.9 Å². The predicted octanol–water partition coefficient (Wildman–Crippen LogP) is 2.64. The maximum Gasteiger partial charge on any atom is 0.254 e. The third-order valence-electron chi connectivity index (χ3n) is 4.46. The van der Waals surface area contributed by atoms with E-state index < -0.39 is 6.10 Å². The molecule has 5 heteroatoms. The summed E-state index contributed by atoms with van der Waals surface area (Å²) in [4.78, 5) is 16.3. The van der Waals surface area contributed by atoms with Gasteiger partial charge in [0.2, 0.25) is 0 Å². The summed E-state index contributed by atoms with van der Waals surface area (Å²) in [7, 11) is 0. The number of fused-ring (bicyclic) bond motifs is 1. The zero-order valence-corrected chi connectivity index (χ0v) is 13.6. The van der Waals surface area contributed by atoms with Crippen LogP contribution in [-0.2, 0) is 20.7 Å². The third-order valence-corrected chi connectivity index (χ3v) is 5.45. The second-order valence-electron chi connectivity index (χ2n) is 5.83. The first-order chi connectivity index (χ1) is 11.3. The van der Waals surface area contributed by atoms with Gasteiger partial charge in [-0.3, -0.25) is 4.79 Å². The number of hydrogen-bond acceptors (Lipinski definition) is 4. The minimum atomic E-state index is -0.477. The fourth-order valence-corrected chi connectivity index (χ4v) is 4.27. The number of nitrogens with zero attached hydrogens (tertiary/aromatic N) is 1. The zero-order chi connectivity index (χ0) is 15.6. The van der Waals surface area contributed by atoms with Gasteiger partial charge in [-0.15, -0.1) is 11.3 Å². The first-order valence-electron chi connectivity index (χ1n) is 7.95. The Morgan fingerprint density at radius 2 is 2.04 bits per heavy atom. The maximum atomic E-state index is 13.0. The highest BCUT2D eigenvalue weighted by Crippen LogP contribution is 2.38. The average molecular weight is 329 g/mol. The van der Waals surface area contributed by atoms with Gasteiger partial charge in [0.05, 0.1) is 25.9 Å². The van der Waals surface area contributed by atoms with Gasteiger partial charge in [-0.05, 0) is 29.0 Å². The van der Waals surface area contributed by atoms with Crippen molar-refractivity contribution < 1.29 is 14.3 Å². The fraction of sp³-hybridized carbons (Fsp3) is 0.389. The van der Waals surface area contributed by atoms with Gasteiger partial charge >= 0.3 is 0 Å². The number of hydrogen-bond donors (Lipinski definition) is 0. The van der Waals surface area contributed by atoms with Crippen LogP contribution in [0.4, 0.5) is 0 Å². The Morgan fingerprint density at radius 1 is 1.17 bits per heavy atom. The van der Waals surface area contributed by atoms with E-state index in [1.165, 1.54) is 10.4 Å². The summed E-state index contributed by atoms with van der Waals surface area (Å²) in [5.41, 5.74) is 2.40. The van der Waals surface area contributed by atoms with Crippen LogP contribution in [0.1, 0.15) is 22.0 Å². The summed E-state index contributed by atoms with van der Waals surface area (Å²) in [6, 6.07) is 12.4. The van der Waals surface area contributed by atoms with Crippen molar-refractivity contribution in [1.82, 2.24) is 4.90 Å². The number of rotatable bonds is 2. The first-order valence-corrected chi connectivity index (χ1v) is 8.83. The highest BCUT2D eigenvalue weighted by Gasteiger charge is 2.36. The molecule has 3 heterocycles. The van der Waals surface area contributed by atoms with E-state index in [1.54, 1.807) is 11.3 Å². The normalized spacial score (nSPS) is 24.3. The molecule has 2 aliphatic rings. The molecule has 0 unspecified atom stereocenters. The van der Waals surface area contributed by atoms with E-state index in [9.17, 15) is 4.79 Å². The smallest absolute Gasteiger partial charge is 0.254 e. The van der Waals surface area contributed by atoms with Gasteiger partial charge in [0.25, 0.3) is 5.91 Å². The lowest BCUT2D eigenvalue weighted by atomic mass is 9.93. The standard InChI is InChI=1S/C18H19NO3S/c20-18(15-12-21-9-10-22-15)19-8-6-16-14(7-11-23-16)17(19)13-4-2-1-3-5-13/h1-5,7,11,15,17H,6,8-10,12H2/t15-,17-/m0/s1. The minimum Gasteiger partial charge on any atom is -0.376 e. The molecule has 2 aromatic rings. The molecule has 1 aromatic carbocycles. The summed E-state index contributed by atoms with van der Waals surface area (Å²) in [5, 5.41) is 2.12. The van der Waals surface area contributed by atoms with Crippen molar-refractivity contribution in [2.24, 2.45) is 0 Å². The largest absolute Gasteiger partial charge is 0.376 e. The van der Waals surface area contributed by atoms with Gasteiger partial charge in [0, 0.05) is 11.4 Å². The molecule has 0 spiro atoms. The minimum absolute atomic E-state index is 0.0239. The number of amides is 1. The number of ether oxygens (including phenoxy) is 2. The van der Waals surface area contributed by atoms with Crippen molar-refractivity contribution in [3.05, 3.63) is 57.8 Å². The number of benzene rings is 1. The lowest BCUT2D eigenvalue weighted by molar-refractivity contribution is -0.160. The van der Waals surface area contributed by atoms with Gasteiger partial charge in [-0.2, -0.15) is 0 Å².